The van der Waals surface area contributed by atoms with Gasteiger partial charge in [0.2, 0.25) is 5.91 Å². The summed E-state index contributed by atoms with van der Waals surface area (Å²) in [5, 5.41) is 9.01. The Balaban J connectivity index is 2.47. The molecule has 1 unspecified atom stereocenters. The number of carboxylic acid groups (broad SMARTS) is 1. The van der Waals surface area contributed by atoms with E-state index in [2.05, 4.69) is 20.8 Å². The molecular weight excluding hydrogens is 244 g/mol. The Kier molecular flexibility index (Phi) is 5.35. The van der Waals surface area contributed by atoms with E-state index >= 15 is 0 Å². The van der Waals surface area contributed by atoms with Gasteiger partial charge in [0.1, 0.15) is 0 Å². The molecule has 0 spiro atoms. The number of nitrogens with zero attached hydrogens (tertiary/aromatic N) is 1. The van der Waals surface area contributed by atoms with Gasteiger partial charge in [-0.15, -0.1) is 0 Å². The van der Waals surface area contributed by atoms with Crippen LogP contribution < -0.4 is 5.73 Å². The smallest absolute Gasteiger partial charge is 0.308 e. The molecule has 1 amide bonds. The van der Waals surface area contributed by atoms with Crippen LogP contribution in [0.5, 0.6) is 0 Å². The molecule has 0 aromatic rings. The van der Waals surface area contributed by atoms with E-state index in [9.17, 15) is 9.59 Å². The molecular formula is C14H26N2O3. The van der Waals surface area contributed by atoms with E-state index in [1.54, 1.807) is 4.90 Å². The van der Waals surface area contributed by atoms with Crippen molar-refractivity contribution < 1.29 is 14.7 Å². The van der Waals surface area contributed by atoms with Crippen molar-refractivity contribution in [1.29, 1.82) is 0 Å². The van der Waals surface area contributed by atoms with Crippen molar-refractivity contribution in [2.75, 3.05) is 13.1 Å². The first-order valence-corrected chi connectivity index (χ1v) is 6.95. The number of rotatable bonds is 4. The van der Waals surface area contributed by atoms with Gasteiger partial charge >= 0.3 is 5.97 Å². The molecule has 19 heavy (non-hydrogen) atoms. The van der Waals surface area contributed by atoms with Gasteiger partial charge in [0.15, 0.2) is 0 Å². The first-order chi connectivity index (χ1) is 8.69. The lowest BCUT2D eigenvalue weighted by molar-refractivity contribution is -0.145. The second-order valence-corrected chi connectivity index (χ2v) is 6.75. The number of hydrogen-bond acceptors (Lipinski definition) is 3. The van der Waals surface area contributed by atoms with Gasteiger partial charge in [0, 0.05) is 25.6 Å². The van der Waals surface area contributed by atoms with Crippen molar-refractivity contribution in [3.63, 3.8) is 0 Å². The monoisotopic (exact) mass is 270 g/mol. The minimum atomic E-state index is -0.809. The number of carbonyl (C=O) groups excluding carboxylic acids is 1. The van der Waals surface area contributed by atoms with E-state index in [4.69, 9.17) is 10.8 Å². The molecule has 5 nitrogen and oxygen atoms in total. The Hall–Kier alpha value is -1.10. The highest BCUT2D eigenvalue weighted by Gasteiger charge is 2.29. The van der Waals surface area contributed by atoms with Crippen molar-refractivity contribution in [2.24, 2.45) is 17.1 Å². The van der Waals surface area contributed by atoms with Crippen LogP contribution in [0.2, 0.25) is 0 Å². The molecule has 0 bridgehead atoms. The number of amides is 1. The number of carbonyl (C=O) groups is 2. The highest BCUT2D eigenvalue weighted by Crippen LogP contribution is 2.22. The third-order valence-electron chi connectivity index (χ3n) is 3.43. The minimum absolute atomic E-state index is 0.0114. The fourth-order valence-corrected chi connectivity index (χ4v) is 2.62. The van der Waals surface area contributed by atoms with E-state index < -0.39 is 11.9 Å². The maximum Gasteiger partial charge on any atom is 0.308 e. The third-order valence-corrected chi connectivity index (χ3v) is 3.43. The van der Waals surface area contributed by atoms with Crippen LogP contribution in [0.25, 0.3) is 0 Å². The van der Waals surface area contributed by atoms with Crippen molar-refractivity contribution in [2.45, 2.75) is 52.5 Å². The Bertz CT molecular complexity index is 336. The van der Waals surface area contributed by atoms with E-state index in [0.29, 0.717) is 25.9 Å². The SMILES string of the molecule is CC(C)(C)CC(N)CC(=O)N1CCC[C@H](C(=O)O)C1. The molecule has 3 N–H and O–H groups in total. The number of piperidine rings is 1. The summed E-state index contributed by atoms with van der Waals surface area (Å²) in [6.07, 6.45) is 2.52. The van der Waals surface area contributed by atoms with Crippen LogP contribution >= 0.6 is 0 Å². The van der Waals surface area contributed by atoms with Crippen molar-refractivity contribution >= 4 is 11.9 Å². The molecule has 0 aromatic carbocycles. The van der Waals surface area contributed by atoms with Gasteiger partial charge in [-0.05, 0) is 24.7 Å². The molecule has 5 heteroatoms. The van der Waals surface area contributed by atoms with E-state index in [1.807, 2.05) is 0 Å². The summed E-state index contributed by atoms with van der Waals surface area (Å²) in [7, 11) is 0. The largest absolute Gasteiger partial charge is 0.481 e. The Morgan fingerprint density at radius 3 is 2.58 bits per heavy atom. The average Bonchev–Trinajstić information content (AvgIpc) is 2.26. The number of nitrogens with two attached hydrogens (primary N) is 1. The van der Waals surface area contributed by atoms with Crippen LogP contribution in [0, 0.1) is 11.3 Å². The molecule has 0 radical (unpaired) electrons. The number of likely N-dealkylation sites (tertiary alicyclic amines) is 1. The van der Waals surface area contributed by atoms with Crippen LogP contribution in [0.4, 0.5) is 0 Å². The van der Waals surface area contributed by atoms with Gasteiger partial charge in [-0.25, -0.2) is 0 Å². The van der Waals surface area contributed by atoms with E-state index in [1.165, 1.54) is 0 Å². The lowest BCUT2D eigenvalue weighted by Gasteiger charge is -2.32. The van der Waals surface area contributed by atoms with Crippen LogP contribution in [0.1, 0.15) is 46.5 Å². The maximum atomic E-state index is 12.1. The summed E-state index contributed by atoms with van der Waals surface area (Å²) in [4.78, 5) is 24.7. The maximum absolute atomic E-state index is 12.1. The Morgan fingerprint density at radius 1 is 1.42 bits per heavy atom. The Labute approximate surface area is 115 Å². The molecule has 1 aliphatic rings. The van der Waals surface area contributed by atoms with E-state index in [-0.39, 0.29) is 17.4 Å². The summed E-state index contributed by atoms with van der Waals surface area (Å²) in [5.74, 6) is -1.24. The average molecular weight is 270 g/mol. The molecule has 2 atom stereocenters. The molecule has 0 aromatic heterocycles. The van der Waals surface area contributed by atoms with Crippen molar-refractivity contribution in [1.82, 2.24) is 4.90 Å². The molecule has 1 rings (SSSR count). The fraction of sp³-hybridized carbons (Fsp3) is 0.857. The number of aliphatic carboxylic acids is 1. The predicted molar refractivity (Wildman–Crippen MR) is 73.6 cm³/mol. The fourth-order valence-electron chi connectivity index (χ4n) is 2.62. The zero-order valence-corrected chi connectivity index (χ0v) is 12.2. The van der Waals surface area contributed by atoms with Gasteiger partial charge in [0.05, 0.1) is 5.92 Å². The van der Waals surface area contributed by atoms with Crippen LogP contribution in [0.15, 0.2) is 0 Å². The molecule has 1 heterocycles. The first-order valence-electron chi connectivity index (χ1n) is 6.95. The molecule has 1 saturated heterocycles. The summed E-state index contributed by atoms with van der Waals surface area (Å²) in [5.41, 5.74) is 6.10. The van der Waals surface area contributed by atoms with Gasteiger partial charge in [-0.3, -0.25) is 9.59 Å². The van der Waals surface area contributed by atoms with E-state index in [0.717, 1.165) is 12.8 Å². The standard InChI is InChI=1S/C14H26N2O3/c1-14(2,3)8-11(15)7-12(17)16-6-4-5-10(9-16)13(18)19/h10-11H,4-9,15H2,1-3H3,(H,18,19)/t10-,11?/m0/s1. The number of carboxylic acids is 1. The van der Waals surface area contributed by atoms with Gasteiger partial charge < -0.3 is 15.7 Å². The van der Waals surface area contributed by atoms with Crippen LogP contribution in [-0.4, -0.2) is 41.0 Å². The highest BCUT2D eigenvalue weighted by molar-refractivity contribution is 5.78. The molecule has 1 fully saturated rings. The summed E-state index contributed by atoms with van der Waals surface area (Å²) in [6.45, 7) is 7.28. The zero-order valence-electron chi connectivity index (χ0n) is 12.2. The third kappa shape index (κ3) is 5.59. The second kappa shape index (κ2) is 6.37. The summed E-state index contributed by atoms with van der Waals surface area (Å²) in [6, 6.07) is -0.155. The van der Waals surface area contributed by atoms with Crippen molar-refractivity contribution in [3.8, 4) is 0 Å². The quantitative estimate of drug-likeness (QED) is 0.810. The van der Waals surface area contributed by atoms with Gasteiger partial charge in [-0.2, -0.15) is 0 Å². The normalized spacial score (nSPS) is 22.1. The van der Waals surface area contributed by atoms with Crippen LogP contribution in [-0.2, 0) is 9.59 Å². The van der Waals surface area contributed by atoms with Gasteiger partial charge in [-0.1, -0.05) is 20.8 Å². The summed E-state index contributed by atoms with van der Waals surface area (Å²) >= 11 is 0. The minimum Gasteiger partial charge on any atom is -0.481 e. The lowest BCUT2D eigenvalue weighted by Crippen LogP contribution is -2.44. The summed E-state index contributed by atoms with van der Waals surface area (Å²) < 4.78 is 0. The highest BCUT2D eigenvalue weighted by atomic mass is 16.4. The topological polar surface area (TPSA) is 83.6 Å². The van der Waals surface area contributed by atoms with Crippen molar-refractivity contribution in [3.05, 3.63) is 0 Å². The molecule has 0 aliphatic carbocycles. The Morgan fingerprint density at radius 2 is 2.05 bits per heavy atom. The molecule has 110 valence electrons. The lowest BCUT2D eigenvalue weighted by atomic mass is 9.87. The number of hydrogen-bond donors (Lipinski definition) is 2. The predicted octanol–water partition coefficient (Wildman–Crippen LogP) is 1.46. The van der Waals surface area contributed by atoms with Crippen LogP contribution in [0.3, 0.4) is 0 Å². The van der Waals surface area contributed by atoms with Gasteiger partial charge in [0.25, 0.3) is 0 Å². The molecule has 1 aliphatic heterocycles. The zero-order chi connectivity index (χ0) is 14.6. The second-order valence-electron chi connectivity index (χ2n) is 6.75. The molecule has 0 saturated carbocycles. The first kappa shape index (κ1) is 16.0.